The number of rotatable bonds is 2. The number of hydrogen-bond donors (Lipinski definition) is 0. The fraction of sp³-hybridized carbons (Fsp3) is 0.333. The van der Waals surface area contributed by atoms with Gasteiger partial charge in [0, 0.05) is 13.1 Å². The molecule has 0 saturated carbocycles. The first-order valence-corrected chi connectivity index (χ1v) is 3.74. The summed E-state index contributed by atoms with van der Waals surface area (Å²) in [5.74, 6) is -2.91. The zero-order valence-electron chi connectivity index (χ0n) is 7.09. The normalized spacial score (nSPS) is 10.9. The van der Waals surface area contributed by atoms with Gasteiger partial charge in [0.15, 0.2) is 0 Å². The number of aromatic nitrogens is 1. The smallest absolute Gasteiger partial charge is 0.255 e. The number of nitriles is 1. The van der Waals surface area contributed by atoms with Crippen molar-refractivity contribution in [2.24, 2.45) is 0 Å². The number of nitrogens with zero attached hydrogens (tertiary/aromatic N) is 2. The third-order valence-electron chi connectivity index (χ3n) is 1.56. The van der Waals surface area contributed by atoms with Gasteiger partial charge < -0.3 is 0 Å². The Balaban J connectivity index is 2.89. The third-order valence-corrected chi connectivity index (χ3v) is 1.56. The van der Waals surface area contributed by atoms with Gasteiger partial charge in [-0.1, -0.05) is 6.07 Å². The van der Waals surface area contributed by atoms with Gasteiger partial charge in [0.2, 0.25) is 0 Å². The van der Waals surface area contributed by atoms with E-state index in [0.717, 1.165) is 6.92 Å². The highest BCUT2D eigenvalue weighted by atomic mass is 19.3. The Kier molecular flexibility index (Phi) is 2.57. The molecular formula is C9H8F2N2. The van der Waals surface area contributed by atoms with Crippen LogP contribution in [-0.2, 0) is 12.3 Å². The Morgan fingerprint density at radius 2 is 2.23 bits per heavy atom. The number of pyridine rings is 1. The van der Waals surface area contributed by atoms with Crippen molar-refractivity contribution in [2.45, 2.75) is 19.3 Å². The maximum atomic E-state index is 12.6. The van der Waals surface area contributed by atoms with E-state index < -0.39 is 5.92 Å². The minimum absolute atomic E-state index is 0.197. The van der Waals surface area contributed by atoms with Gasteiger partial charge in [-0.25, -0.2) is 0 Å². The first-order chi connectivity index (χ1) is 6.04. The minimum atomic E-state index is -2.91. The van der Waals surface area contributed by atoms with Crippen LogP contribution in [0.5, 0.6) is 0 Å². The molecule has 0 aliphatic rings. The van der Waals surface area contributed by atoms with Crippen LogP contribution in [0.15, 0.2) is 18.3 Å². The molecule has 0 bridgehead atoms. The molecule has 0 radical (unpaired) electrons. The van der Waals surface area contributed by atoms with Crippen LogP contribution >= 0.6 is 0 Å². The number of hydrogen-bond acceptors (Lipinski definition) is 2. The summed E-state index contributed by atoms with van der Waals surface area (Å²) in [6, 6.07) is 4.65. The van der Waals surface area contributed by atoms with E-state index in [0.29, 0.717) is 5.56 Å². The lowest BCUT2D eigenvalue weighted by atomic mass is 10.2. The van der Waals surface area contributed by atoms with Crippen molar-refractivity contribution in [2.75, 3.05) is 0 Å². The number of halogens is 2. The van der Waals surface area contributed by atoms with E-state index in [-0.39, 0.29) is 12.1 Å². The van der Waals surface area contributed by atoms with Gasteiger partial charge in [0.1, 0.15) is 5.69 Å². The van der Waals surface area contributed by atoms with Crippen molar-refractivity contribution in [3.05, 3.63) is 29.6 Å². The maximum absolute atomic E-state index is 12.6. The molecule has 0 aliphatic heterocycles. The largest absolute Gasteiger partial charge is 0.286 e. The van der Waals surface area contributed by atoms with Crippen LogP contribution in [0.2, 0.25) is 0 Å². The molecule has 0 aliphatic carbocycles. The molecule has 0 unspecified atom stereocenters. The molecule has 0 atom stereocenters. The van der Waals surface area contributed by atoms with E-state index in [4.69, 9.17) is 5.26 Å². The first-order valence-electron chi connectivity index (χ1n) is 3.74. The highest BCUT2D eigenvalue weighted by Crippen LogP contribution is 2.24. The van der Waals surface area contributed by atoms with Crippen LogP contribution in [0, 0.1) is 11.3 Å². The number of alkyl halides is 2. The predicted octanol–water partition coefficient (Wildman–Crippen LogP) is 2.26. The molecule has 4 heteroatoms. The predicted molar refractivity (Wildman–Crippen MR) is 43.1 cm³/mol. The highest BCUT2D eigenvalue weighted by molar-refractivity contribution is 5.19. The lowest BCUT2D eigenvalue weighted by Gasteiger charge is -2.08. The van der Waals surface area contributed by atoms with E-state index in [2.05, 4.69) is 4.98 Å². The van der Waals surface area contributed by atoms with Crippen molar-refractivity contribution < 1.29 is 8.78 Å². The molecule has 1 heterocycles. The van der Waals surface area contributed by atoms with Crippen molar-refractivity contribution in [3.63, 3.8) is 0 Å². The molecule has 13 heavy (non-hydrogen) atoms. The molecule has 0 fully saturated rings. The van der Waals surface area contributed by atoms with E-state index in [1.54, 1.807) is 0 Å². The summed E-state index contributed by atoms with van der Waals surface area (Å²) in [6.45, 7) is 0.791. The summed E-state index contributed by atoms with van der Waals surface area (Å²) in [6.07, 6.45) is 1.50. The van der Waals surface area contributed by atoms with Gasteiger partial charge in [-0.3, -0.25) is 4.98 Å². The summed E-state index contributed by atoms with van der Waals surface area (Å²) in [5.41, 5.74) is 0.379. The zero-order chi connectivity index (χ0) is 9.90. The second-order valence-corrected chi connectivity index (χ2v) is 2.77. The summed E-state index contributed by atoms with van der Waals surface area (Å²) in [7, 11) is 0. The highest BCUT2D eigenvalue weighted by Gasteiger charge is 2.25. The second-order valence-electron chi connectivity index (χ2n) is 2.77. The standard InChI is InChI=1S/C9H8F2N2/c1-9(10,11)8-3-2-7(4-5-12)6-13-8/h2-3,6H,4H2,1H3. The van der Waals surface area contributed by atoms with Crippen LogP contribution in [-0.4, -0.2) is 4.98 Å². The van der Waals surface area contributed by atoms with Gasteiger partial charge in [-0.2, -0.15) is 14.0 Å². The molecule has 0 saturated heterocycles. The van der Waals surface area contributed by atoms with Crippen LogP contribution < -0.4 is 0 Å². The third kappa shape index (κ3) is 2.48. The van der Waals surface area contributed by atoms with Crippen LogP contribution in [0.3, 0.4) is 0 Å². The molecule has 0 N–H and O–H groups in total. The van der Waals surface area contributed by atoms with Crippen molar-refractivity contribution >= 4 is 0 Å². The Morgan fingerprint density at radius 1 is 1.54 bits per heavy atom. The molecule has 1 rings (SSSR count). The Morgan fingerprint density at radius 3 is 2.62 bits per heavy atom. The lowest BCUT2D eigenvalue weighted by Crippen LogP contribution is -2.09. The summed E-state index contributed by atoms with van der Waals surface area (Å²) in [5, 5.41) is 8.32. The fourth-order valence-corrected chi connectivity index (χ4v) is 0.880. The average molecular weight is 182 g/mol. The maximum Gasteiger partial charge on any atom is 0.286 e. The lowest BCUT2D eigenvalue weighted by molar-refractivity contribution is 0.0127. The summed E-state index contributed by atoms with van der Waals surface area (Å²) < 4.78 is 25.3. The molecular weight excluding hydrogens is 174 g/mol. The molecule has 68 valence electrons. The Bertz CT molecular complexity index is 319. The SMILES string of the molecule is CC(F)(F)c1ccc(CC#N)cn1. The van der Waals surface area contributed by atoms with E-state index in [9.17, 15) is 8.78 Å². The Hall–Kier alpha value is -1.50. The van der Waals surface area contributed by atoms with Crippen LogP contribution in [0.4, 0.5) is 8.78 Å². The van der Waals surface area contributed by atoms with Gasteiger partial charge in [-0.05, 0) is 11.6 Å². The molecule has 1 aromatic heterocycles. The Labute approximate surface area is 74.8 Å². The van der Waals surface area contributed by atoms with Crippen LogP contribution in [0.25, 0.3) is 0 Å². The van der Waals surface area contributed by atoms with E-state index in [1.165, 1.54) is 18.3 Å². The van der Waals surface area contributed by atoms with Gasteiger partial charge >= 0.3 is 0 Å². The zero-order valence-corrected chi connectivity index (χ0v) is 7.09. The molecule has 2 nitrogen and oxygen atoms in total. The molecule has 1 aromatic rings. The first kappa shape index (κ1) is 9.59. The second kappa shape index (κ2) is 3.48. The molecule has 0 spiro atoms. The van der Waals surface area contributed by atoms with Gasteiger partial charge in [-0.15, -0.1) is 0 Å². The quantitative estimate of drug-likeness (QED) is 0.703. The summed E-state index contributed by atoms with van der Waals surface area (Å²) >= 11 is 0. The fourth-order valence-electron chi connectivity index (χ4n) is 0.880. The molecule has 0 amide bonds. The summed E-state index contributed by atoms with van der Waals surface area (Å²) in [4.78, 5) is 3.57. The van der Waals surface area contributed by atoms with Crippen LogP contribution in [0.1, 0.15) is 18.2 Å². The monoisotopic (exact) mass is 182 g/mol. The van der Waals surface area contributed by atoms with E-state index >= 15 is 0 Å². The molecule has 0 aromatic carbocycles. The topological polar surface area (TPSA) is 36.7 Å². The van der Waals surface area contributed by atoms with Gasteiger partial charge in [0.25, 0.3) is 5.92 Å². The van der Waals surface area contributed by atoms with Crippen molar-refractivity contribution in [3.8, 4) is 6.07 Å². The minimum Gasteiger partial charge on any atom is -0.255 e. The average Bonchev–Trinajstić information content (AvgIpc) is 2.04. The van der Waals surface area contributed by atoms with Crippen molar-refractivity contribution in [1.82, 2.24) is 4.98 Å². The van der Waals surface area contributed by atoms with Crippen molar-refractivity contribution in [1.29, 1.82) is 5.26 Å². The van der Waals surface area contributed by atoms with E-state index in [1.807, 2.05) is 6.07 Å². The van der Waals surface area contributed by atoms with Gasteiger partial charge in [0.05, 0.1) is 12.5 Å².